The normalized spacial score (nSPS) is 11.3. The number of para-hydroxylation sites is 1. The number of aromatic nitrogens is 4. The van der Waals surface area contributed by atoms with E-state index < -0.39 is 5.97 Å². The molecular weight excluding hydrogens is 436 g/mol. The van der Waals surface area contributed by atoms with Crippen LogP contribution in [0.2, 0.25) is 5.02 Å². The number of benzene rings is 2. The number of hydrogen-bond acceptors (Lipinski definition) is 6. The van der Waals surface area contributed by atoms with Crippen LogP contribution in [-0.4, -0.2) is 25.1 Å². The Bertz CT molecular complexity index is 1500. The van der Waals surface area contributed by atoms with Gasteiger partial charge in [-0.3, -0.25) is 13.8 Å². The van der Waals surface area contributed by atoms with Gasteiger partial charge in [0.2, 0.25) is 5.78 Å². The van der Waals surface area contributed by atoms with E-state index in [0.29, 0.717) is 32.4 Å². The second-order valence-electron chi connectivity index (χ2n) is 6.88. The van der Waals surface area contributed by atoms with Crippen LogP contribution in [0.15, 0.2) is 65.5 Å². The molecule has 9 heteroatoms. The maximum Gasteiger partial charge on any atom is 0.348 e. The highest BCUT2D eigenvalue weighted by Gasteiger charge is 2.17. The van der Waals surface area contributed by atoms with Crippen molar-refractivity contribution in [1.29, 1.82) is 0 Å². The van der Waals surface area contributed by atoms with Crippen LogP contribution in [0.3, 0.4) is 0 Å². The summed E-state index contributed by atoms with van der Waals surface area (Å²) in [6, 6.07) is 18.2. The largest absolute Gasteiger partial charge is 0.453 e. The third-order valence-corrected chi connectivity index (χ3v) is 6.33. The van der Waals surface area contributed by atoms with Gasteiger partial charge in [0.25, 0.3) is 5.56 Å². The summed E-state index contributed by atoms with van der Waals surface area (Å²) in [5.41, 5.74) is 1.48. The number of ether oxygens (including phenoxy) is 1. The number of carbonyl (C=O) groups is 1. The zero-order valence-electron chi connectivity index (χ0n) is 16.3. The van der Waals surface area contributed by atoms with Gasteiger partial charge < -0.3 is 4.74 Å². The second-order valence-corrected chi connectivity index (χ2v) is 8.40. The standard InChI is InChI=1S/C22H15ClN4O3S/c1-26-20(28)15-4-2-3-5-16(15)27-19(24-25-22(26)27)12-30-21(29)18-11-10-17(31-18)13-6-8-14(23)9-7-13/h2-11H,12H2,1H3. The van der Waals surface area contributed by atoms with Gasteiger partial charge in [-0.05, 0) is 42.0 Å². The summed E-state index contributed by atoms with van der Waals surface area (Å²) in [5.74, 6) is 0.372. The van der Waals surface area contributed by atoms with Gasteiger partial charge in [0.05, 0.1) is 10.9 Å². The fourth-order valence-electron chi connectivity index (χ4n) is 3.40. The Morgan fingerprint density at radius 1 is 1.06 bits per heavy atom. The van der Waals surface area contributed by atoms with Gasteiger partial charge in [0, 0.05) is 16.9 Å². The molecule has 2 aromatic carbocycles. The van der Waals surface area contributed by atoms with Gasteiger partial charge in [-0.15, -0.1) is 21.5 Å². The van der Waals surface area contributed by atoms with Crippen LogP contribution < -0.4 is 5.56 Å². The van der Waals surface area contributed by atoms with Crippen LogP contribution >= 0.6 is 22.9 Å². The molecule has 3 aromatic heterocycles. The van der Waals surface area contributed by atoms with E-state index in [-0.39, 0.29) is 12.2 Å². The number of carbonyl (C=O) groups excluding carboxylic acids is 1. The van der Waals surface area contributed by atoms with Gasteiger partial charge >= 0.3 is 5.97 Å². The maximum absolute atomic E-state index is 12.6. The van der Waals surface area contributed by atoms with Crippen molar-refractivity contribution in [3.05, 3.63) is 86.7 Å². The van der Waals surface area contributed by atoms with E-state index in [0.717, 1.165) is 10.4 Å². The molecule has 0 saturated carbocycles. The van der Waals surface area contributed by atoms with Gasteiger partial charge in [0.15, 0.2) is 12.4 Å². The summed E-state index contributed by atoms with van der Waals surface area (Å²) >= 11 is 7.28. The number of aryl methyl sites for hydroxylation is 1. The molecule has 0 aliphatic rings. The lowest BCUT2D eigenvalue weighted by molar-refractivity contribution is 0.0467. The average molecular weight is 451 g/mol. The van der Waals surface area contributed by atoms with Gasteiger partial charge in [0.1, 0.15) is 4.88 Å². The SMILES string of the molecule is Cn1c(=O)c2ccccc2n2c(COC(=O)c3ccc(-c4ccc(Cl)cc4)s3)nnc12. The van der Waals surface area contributed by atoms with Gasteiger partial charge in [-0.2, -0.15) is 0 Å². The Morgan fingerprint density at radius 2 is 1.84 bits per heavy atom. The van der Waals surface area contributed by atoms with Crippen molar-refractivity contribution in [1.82, 2.24) is 19.2 Å². The molecular formula is C22H15ClN4O3S. The lowest BCUT2D eigenvalue weighted by Gasteiger charge is -2.08. The van der Waals surface area contributed by atoms with Crippen molar-refractivity contribution in [2.75, 3.05) is 0 Å². The minimum Gasteiger partial charge on any atom is -0.453 e. The van der Waals surface area contributed by atoms with Crippen LogP contribution in [0, 0.1) is 0 Å². The second kappa shape index (κ2) is 7.64. The van der Waals surface area contributed by atoms with Gasteiger partial charge in [-0.25, -0.2) is 4.79 Å². The summed E-state index contributed by atoms with van der Waals surface area (Å²) in [6.45, 7) is -0.0730. The predicted octanol–water partition coefficient (Wildman–Crippen LogP) is 4.32. The first-order chi connectivity index (χ1) is 15.0. The Balaban J connectivity index is 1.42. The van der Waals surface area contributed by atoms with Crippen LogP contribution in [0.4, 0.5) is 0 Å². The lowest BCUT2D eigenvalue weighted by Crippen LogP contribution is -2.20. The molecule has 7 nitrogen and oxygen atoms in total. The molecule has 0 aliphatic carbocycles. The first kappa shape index (κ1) is 19.5. The fourth-order valence-corrected chi connectivity index (χ4v) is 4.43. The molecule has 3 heterocycles. The van der Waals surface area contributed by atoms with Crippen molar-refractivity contribution in [2.24, 2.45) is 7.05 Å². The summed E-state index contributed by atoms with van der Waals surface area (Å²) in [7, 11) is 1.64. The summed E-state index contributed by atoms with van der Waals surface area (Å²) < 4.78 is 8.67. The number of thiophene rings is 1. The van der Waals surface area contributed by atoms with E-state index >= 15 is 0 Å². The molecule has 0 amide bonds. The summed E-state index contributed by atoms with van der Waals surface area (Å²) in [5, 5.41) is 9.44. The predicted molar refractivity (Wildman–Crippen MR) is 120 cm³/mol. The van der Waals surface area contributed by atoms with E-state index in [1.54, 1.807) is 29.6 Å². The molecule has 0 aliphatic heterocycles. The maximum atomic E-state index is 12.6. The molecule has 0 N–H and O–H groups in total. The minimum atomic E-state index is -0.448. The topological polar surface area (TPSA) is 78.5 Å². The molecule has 0 unspecified atom stereocenters. The third kappa shape index (κ3) is 3.39. The van der Waals surface area contributed by atoms with Crippen molar-refractivity contribution >= 4 is 45.6 Å². The highest BCUT2D eigenvalue weighted by molar-refractivity contribution is 7.17. The average Bonchev–Trinajstić information content (AvgIpc) is 3.44. The van der Waals surface area contributed by atoms with E-state index in [1.165, 1.54) is 15.9 Å². The number of nitrogens with zero attached hydrogens (tertiary/aromatic N) is 4. The highest BCUT2D eigenvalue weighted by Crippen LogP contribution is 2.29. The van der Waals surface area contributed by atoms with Crippen molar-refractivity contribution < 1.29 is 9.53 Å². The van der Waals surface area contributed by atoms with Gasteiger partial charge in [-0.1, -0.05) is 35.9 Å². The number of halogens is 1. The van der Waals surface area contributed by atoms with Crippen LogP contribution in [0.5, 0.6) is 0 Å². The van der Waals surface area contributed by atoms with E-state index in [9.17, 15) is 9.59 Å². The molecule has 0 fully saturated rings. The Morgan fingerprint density at radius 3 is 2.65 bits per heavy atom. The lowest BCUT2D eigenvalue weighted by atomic mass is 10.2. The molecule has 0 saturated heterocycles. The first-order valence-corrected chi connectivity index (χ1v) is 10.6. The van der Waals surface area contributed by atoms with Crippen LogP contribution in [0.25, 0.3) is 27.1 Å². The summed E-state index contributed by atoms with van der Waals surface area (Å²) in [4.78, 5) is 26.6. The van der Waals surface area contributed by atoms with Crippen molar-refractivity contribution in [3.8, 4) is 10.4 Å². The van der Waals surface area contributed by atoms with E-state index in [1.807, 2.05) is 42.5 Å². The quantitative estimate of drug-likeness (QED) is 0.381. The van der Waals surface area contributed by atoms with Crippen molar-refractivity contribution in [2.45, 2.75) is 6.61 Å². The zero-order valence-corrected chi connectivity index (χ0v) is 17.9. The van der Waals surface area contributed by atoms with E-state index in [2.05, 4.69) is 10.2 Å². The molecule has 5 rings (SSSR count). The molecule has 0 radical (unpaired) electrons. The third-order valence-electron chi connectivity index (χ3n) is 4.96. The number of fused-ring (bicyclic) bond motifs is 3. The number of rotatable bonds is 4. The molecule has 0 atom stereocenters. The first-order valence-electron chi connectivity index (χ1n) is 9.37. The summed E-state index contributed by atoms with van der Waals surface area (Å²) in [6.07, 6.45) is 0. The van der Waals surface area contributed by atoms with Crippen molar-refractivity contribution in [3.63, 3.8) is 0 Å². The molecule has 0 bridgehead atoms. The smallest absolute Gasteiger partial charge is 0.348 e. The monoisotopic (exact) mass is 450 g/mol. The Hall–Kier alpha value is -3.49. The van der Waals surface area contributed by atoms with Crippen LogP contribution in [-0.2, 0) is 18.4 Å². The molecule has 5 aromatic rings. The zero-order chi connectivity index (χ0) is 21.5. The number of hydrogen-bond donors (Lipinski definition) is 0. The highest BCUT2D eigenvalue weighted by atomic mass is 35.5. The Kier molecular flexibility index (Phi) is 4.80. The van der Waals surface area contributed by atoms with Crippen LogP contribution in [0.1, 0.15) is 15.5 Å². The molecule has 154 valence electrons. The molecule has 0 spiro atoms. The van der Waals surface area contributed by atoms with E-state index in [4.69, 9.17) is 16.3 Å². The minimum absolute atomic E-state index is 0.0730. The fraction of sp³-hybridized carbons (Fsp3) is 0.0909. The Labute approximate surface area is 185 Å². The number of esters is 1. The molecule has 31 heavy (non-hydrogen) atoms.